The molecule has 3 heteroatoms. The molecule has 1 rings (SSSR count). The van der Waals surface area contributed by atoms with Crippen LogP contribution in [0.5, 0.6) is 0 Å². The van der Waals surface area contributed by atoms with Crippen molar-refractivity contribution in [3.8, 4) is 0 Å². The van der Waals surface area contributed by atoms with E-state index in [1.54, 1.807) is 0 Å². The molecule has 1 heterocycles. The lowest BCUT2D eigenvalue weighted by Gasteiger charge is -2.00. The number of hydrogen-bond donors (Lipinski definition) is 0. The van der Waals surface area contributed by atoms with Crippen LogP contribution in [0.25, 0.3) is 0 Å². The highest BCUT2D eigenvalue weighted by Crippen LogP contribution is 2.09. The van der Waals surface area contributed by atoms with Crippen LogP contribution in [0, 0.1) is 0 Å². The van der Waals surface area contributed by atoms with Gasteiger partial charge in [0, 0.05) is 0 Å². The molecule has 0 N–H and O–H groups in total. The summed E-state index contributed by atoms with van der Waals surface area (Å²) < 4.78 is 4.90. The zero-order chi connectivity index (χ0) is 4.57. The van der Waals surface area contributed by atoms with Gasteiger partial charge < -0.3 is 4.74 Å². The number of nitrogens with zero attached hydrogens (tertiary/aromatic N) is 1. The second kappa shape index (κ2) is 2.50. The average Bonchev–Trinajstić information content (AvgIpc) is 2.06. The van der Waals surface area contributed by atoms with E-state index in [0.717, 1.165) is 6.61 Å². The maximum absolute atomic E-state index is 4.90. The minimum absolute atomic E-state index is 0. The Labute approximate surface area is 49.9 Å². The lowest BCUT2D eigenvalue weighted by molar-refractivity contribution is 0.248. The largest absolute Gasteiger partial charge is 0.357 e. The Morgan fingerprint density at radius 2 is 2.00 bits per heavy atom. The summed E-state index contributed by atoms with van der Waals surface area (Å²) >= 11 is 0. The topological polar surface area (TPSA) is 15.8 Å². The minimum atomic E-state index is 0. The van der Waals surface area contributed by atoms with Gasteiger partial charge in [-0.05, 0) is 14.1 Å². The first-order valence-corrected chi connectivity index (χ1v) is 2.09. The summed E-state index contributed by atoms with van der Waals surface area (Å²) in [4.78, 5) is 2.06. The van der Waals surface area contributed by atoms with Gasteiger partial charge in [-0.3, -0.25) is 4.90 Å². The first-order chi connectivity index (χ1) is 2.80. The highest BCUT2D eigenvalue weighted by molar-refractivity contribution is 5.85. The quantitative estimate of drug-likeness (QED) is 0.467. The third kappa shape index (κ3) is 2.12. The van der Waals surface area contributed by atoms with Gasteiger partial charge in [0.15, 0.2) is 0 Å². The Hall–Kier alpha value is 0.210. The van der Waals surface area contributed by atoms with Gasteiger partial charge >= 0.3 is 0 Å². The second-order valence-electron chi connectivity index (χ2n) is 1.75. The Bertz CT molecular complexity index is 53.7. The second-order valence-corrected chi connectivity index (χ2v) is 1.75. The molecule has 1 aliphatic rings. The van der Waals surface area contributed by atoms with Gasteiger partial charge in [-0.25, -0.2) is 0 Å². The fourth-order valence-corrected chi connectivity index (χ4v) is 0.341. The van der Waals surface area contributed by atoms with Crippen LogP contribution >= 0.6 is 12.4 Å². The third-order valence-corrected chi connectivity index (χ3v) is 0.892. The molecule has 0 radical (unpaired) electrons. The van der Waals surface area contributed by atoms with Crippen molar-refractivity contribution in [2.45, 2.75) is 6.23 Å². The van der Waals surface area contributed by atoms with Crippen LogP contribution in [0.1, 0.15) is 0 Å². The molecule has 0 aliphatic carbocycles. The van der Waals surface area contributed by atoms with Crippen molar-refractivity contribution in [3.63, 3.8) is 0 Å². The molecular weight excluding hydrogens is 114 g/mol. The number of hydrogen-bond acceptors (Lipinski definition) is 2. The summed E-state index contributed by atoms with van der Waals surface area (Å²) in [6.07, 6.45) is 0.435. The molecule has 0 saturated carbocycles. The SMILES string of the molecule is CN(C)C1CO1.Cl. The molecule has 7 heavy (non-hydrogen) atoms. The third-order valence-electron chi connectivity index (χ3n) is 0.892. The van der Waals surface area contributed by atoms with E-state index in [1.165, 1.54) is 0 Å². The van der Waals surface area contributed by atoms with Gasteiger partial charge in [0.05, 0.1) is 6.61 Å². The molecule has 1 atom stereocenters. The van der Waals surface area contributed by atoms with Gasteiger partial charge in [0.1, 0.15) is 6.23 Å². The summed E-state index contributed by atoms with van der Waals surface area (Å²) in [5.74, 6) is 0. The molecular formula is C4H10ClNO. The van der Waals surface area contributed by atoms with Crippen LogP contribution in [0.4, 0.5) is 0 Å². The van der Waals surface area contributed by atoms with Gasteiger partial charge in [-0.15, -0.1) is 12.4 Å². The molecule has 0 aromatic heterocycles. The molecule has 0 amide bonds. The predicted octanol–water partition coefficient (Wildman–Crippen LogP) is 0.326. The Morgan fingerprint density at radius 3 is 2.00 bits per heavy atom. The van der Waals surface area contributed by atoms with Crippen molar-refractivity contribution in [2.24, 2.45) is 0 Å². The van der Waals surface area contributed by atoms with Gasteiger partial charge in [0.2, 0.25) is 0 Å². The number of ether oxygens (including phenoxy) is 1. The minimum Gasteiger partial charge on any atom is -0.357 e. The number of rotatable bonds is 1. The van der Waals surface area contributed by atoms with Crippen molar-refractivity contribution in [1.82, 2.24) is 4.90 Å². The van der Waals surface area contributed by atoms with Crippen LogP contribution < -0.4 is 0 Å². The predicted molar refractivity (Wildman–Crippen MR) is 30.7 cm³/mol. The van der Waals surface area contributed by atoms with E-state index in [-0.39, 0.29) is 12.4 Å². The van der Waals surface area contributed by atoms with Crippen molar-refractivity contribution < 1.29 is 4.74 Å². The fraction of sp³-hybridized carbons (Fsp3) is 1.00. The van der Waals surface area contributed by atoms with Gasteiger partial charge in [-0.2, -0.15) is 0 Å². The molecule has 0 spiro atoms. The first kappa shape index (κ1) is 7.21. The van der Waals surface area contributed by atoms with Gasteiger partial charge in [0.25, 0.3) is 0 Å². The van der Waals surface area contributed by atoms with E-state index in [1.807, 2.05) is 14.1 Å². The smallest absolute Gasteiger partial charge is 0.134 e. The summed E-state index contributed by atoms with van der Waals surface area (Å²) in [5.41, 5.74) is 0. The Kier molecular flexibility index (Phi) is 2.58. The van der Waals surface area contributed by atoms with E-state index < -0.39 is 0 Å². The summed E-state index contributed by atoms with van der Waals surface area (Å²) in [6, 6.07) is 0. The molecule has 2 nitrogen and oxygen atoms in total. The summed E-state index contributed by atoms with van der Waals surface area (Å²) in [5, 5.41) is 0. The van der Waals surface area contributed by atoms with Crippen molar-refractivity contribution >= 4 is 12.4 Å². The first-order valence-electron chi connectivity index (χ1n) is 2.09. The molecule has 1 aliphatic heterocycles. The van der Waals surface area contributed by atoms with E-state index in [4.69, 9.17) is 4.74 Å². The monoisotopic (exact) mass is 123 g/mol. The average molecular weight is 124 g/mol. The summed E-state index contributed by atoms with van der Waals surface area (Å²) in [7, 11) is 4.02. The zero-order valence-corrected chi connectivity index (χ0v) is 5.36. The van der Waals surface area contributed by atoms with E-state index in [2.05, 4.69) is 4.90 Å². The van der Waals surface area contributed by atoms with E-state index >= 15 is 0 Å². The lowest BCUT2D eigenvalue weighted by Crippen LogP contribution is -2.14. The maximum atomic E-state index is 4.90. The molecule has 0 aromatic carbocycles. The molecule has 1 fully saturated rings. The zero-order valence-electron chi connectivity index (χ0n) is 4.55. The fourth-order valence-electron chi connectivity index (χ4n) is 0.341. The number of likely N-dealkylation sites (N-methyl/N-ethyl adjacent to an activating group) is 1. The highest BCUT2D eigenvalue weighted by atomic mass is 35.5. The van der Waals surface area contributed by atoms with Crippen LogP contribution in [0.2, 0.25) is 0 Å². The summed E-state index contributed by atoms with van der Waals surface area (Å²) in [6.45, 7) is 0.924. The normalized spacial score (nSPS) is 27.0. The molecule has 44 valence electrons. The van der Waals surface area contributed by atoms with Gasteiger partial charge in [-0.1, -0.05) is 0 Å². The highest BCUT2D eigenvalue weighted by Gasteiger charge is 2.23. The maximum Gasteiger partial charge on any atom is 0.134 e. The van der Waals surface area contributed by atoms with E-state index in [0.29, 0.717) is 6.23 Å². The number of halogens is 1. The molecule has 1 unspecified atom stereocenters. The van der Waals surface area contributed by atoms with Crippen LogP contribution in [0.3, 0.4) is 0 Å². The Morgan fingerprint density at radius 1 is 1.57 bits per heavy atom. The standard InChI is InChI=1S/C4H9NO.ClH/c1-5(2)4-3-6-4;/h4H,3H2,1-2H3;1H. The molecule has 1 saturated heterocycles. The van der Waals surface area contributed by atoms with Crippen molar-refractivity contribution in [2.75, 3.05) is 20.7 Å². The Balaban J connectivity index is 0.000000360. The van der Waals surface area contributed by atoms with Crippen LogP contribution in [-0.2, 0) is 4.74 Å². The van der Waals surface area contributed by atoms with Crippen molar-refractivity contribution in [3.05, 3.63) is 0 Å². The lowest BCUT2D eigenvalue weighted by atomic mass is 10.7. The molecule has 0 aromatic rings. The van der Waals surface area contributed by atoms with Crippen LogP contribution in [-0.4, -0.2) is 31.8 Å². The van der Waals surface area contributed by atoms with E-state index in [9.17, 15) is 0 Å². The van der Waals surface area contributed by atoms with Crippen molar-refractivity contribution in [1.29, 1.82) is 0 Å². The molecule has 0 bridgehead atoms. The number of epoxide rings is 1. The van der Waals surface area contributed by atoms with Crippen LogP contribution in [0.15, 0.2) is 0 Å².